The Balaban J connectivity index is 2.99. The highest BCUT2D eigenvalue weighted by Crippen LogP contribution is 1.75. The van der Waals surface area contributed by atoms with E-state index in [0.29, 0.717) is 0 Å². The summed E-state index contributed by atoms with van der Waals surface area (Å²) in [7, 11) is 0. The largest absolute Gasteiger partial charge is 0.353 e. The molecule has 0 atom stereocenters. The Kier molecular flexibility index (Phi) is 2.40. The highest BCUT2D eigenvalue weighted by molar-refractivity contribution is 5.68. The summed E-state index contributed by atoms with van der Waals surface area (Å²) in [4.78, 5) is 13.3. The fourth-order valence-corrected chi connectivity index (χ4v) is 0.0722. The Bertz CT molecular complexity index is 46.8. The van der Waals surface area contributed by atoms with Crippen LogP contribution in [0.4, 0.5) is 0 Å². The van der Waals surface area contributed by atoms with Crippen LogP contribution in [0.3, 0.4) is 0 Å². The number of rotatable bonds is 1. The number of carbonyl (C=O) groups is 1. The van der Waals surface area contributed by atoms with Crippen LogP contribution < -0.4 is 5.90 Å². The molecule has 0 amide bonds. The fourth-order valence-electron chi connectivity index (χ4n) is 0.0722. The third kappa shape index (κ3) is 1.72. The van der Waals surface area contributed by atoms with Gasteiger partial charge in [0.05, 0.1) is 0 Å². The number of hydrogen-bond acceptors (Lipinski definition) is 2. The molecule has 0 aliphatic rings. The summed E-state index contributed by atoms with van der Waals surface area (Å²) in [5, 5.41) is 0. The van der Waals surface area contributed by atoms with Crippen molar-refractivity contribution in [2.45, 2.75) is 13.3 Å². The molecule has 1 radical (unpaired) electrons. The van der Waals surface area contributed by atoms with Gasteiger partial charge in [0, 0.05) is 6.42 Å². The summed E-state index contributed by atoms with van der Waals surface area (Å²) < 4.78 is 0. The lowest BCUT2D eigenvalue weighted by Gasteiger charge is -1.83. The quantitative estimate of drug-likeness (QED) is 0.428. The van der Waals surface area contributed by atoms with Crippen LogP contribution in [0, 0.1) is 0 Å². The molecule has 0 saturated carbocycles. The first kappa shape index (κ1) is 5.43. The van der Waals surface area contributed by atoms with Gasteiger partial charge in [0.1, 0.15) is 0 Å². The standard InChI is InChI=1S/C3H6NO2/c1-2-3(5)6-4/h4H,2H2,1H3. The summed E-state index contributed by atoms with van der Waals surface area (Å²) in [5.74, 6) is 5.47. The zero-order chi connectivity index (χ0) is 4.99. The van der Waals surface area contributed by atoms with Crippen molar-refractivity contribution in [1.82, 2.24) is 5.90 Å². The fraction of sp³-hybridized carbons (Fsp3) is 0.667. The molecule has 0 aromatic rings. The summed E-state index contributed by atoms with van der Waals surface area (Å²) in [6.07, 6.45) is 0.281. The van der Waals surface area contributed by atoms with Crippen LogP contribution in [0.2, 0.25) is 0 Å². The van der Waals surface area contributed by atoms with Gasteiger partial charge in [-0.15, -0.1) is 0 Å². The minimum Gasteiger partial charge on any atom is -0.353 e. The van der Waals surface area contributed by atoms with E-state index in [1.165, 1.54) is 0 Å². The van der Waals surface area contributed by atoms with Crippen molar-refractivity contribution in [2.24, 2.45) is 0 Å². The Labute approximate surface area is 36.0 Å². The van der Waals surface area contributed by atoms with Crippen LogP contribution in [0.25, 0.3) is 0 Å². The average Bonchev–Trinajstić information content (AvgIpc) is 1.65. The first-order valence-corrected chi connectivity index (χ1v) is 1.67. The molecule has 0 aliphatic carbocycles. The third-order valence-electron chi connectivity index (χ3n) is 0.403. The minimum atomic E-state index is -0.491. The first-order valence-electron chi connectivity index (χ1n) is 1.67. The molecule has 0 heterocycles. The van der Waals surface area contributed by atoms with Gasteiger partial charge in [-0.25, -0.2) is 0 Å². The van der Waals surface area contributed by atoms with E-state index in [9.17, 15) is 4.79 Å². The number of nitrogens with one attached hydrogen (secondary N) is 1. The van der Waals surface area contributed by atoms with E-state index in [1.54, 1.807) is 6.92 Å². The molecular formula is C3H6NO2. The van der Waals surface area contributed by atoms with Crippen molar-refractivity contribution < 1.29 is 9.63 Å². The molecule has 0 saturated heterocycles. The van der Waals surface area contributed by atoms with E-state index in [2.05, 4.69) is 4.84 Å². The Morgan fingerprint density at radius 1 is 2.00 bits per heavy atom. The molecule has 0 aliphatic heterocycles. The smallest absolute Gasteiger partial charge is 0.326 e. The molecule has 0 fully saturated rings. The molecular weight excluding hydrogens is 82.0 g/mol. The van der Waals surface area contributed by atoms with Crippen LogP contribution in [0.1, 0.15) is 13.3 Å². The first-order chi connectivity index (χ1) is 2.81. The second-order valence-electron chi connectivity index (χ2n) is 0.828. The lowest BCUT2D eigenvalue weighted by atomic mass is 10.5. The van der Waals surface area contributed by atoms with Crippen LogP contribution in [-0.4, -0.2) is 5.97 Å². The highest BCUT2D eigenvalue weighted by atomic mass is 16.7. The molecule has 35 valence electrons. The van der Waals surface area contributed by atoms with Gasteiger partial charge in [0.2, 0.25) is 0 Å². The van der Waals surface area contributed by atoms with Crippen molar-refractivity contribution in [1.29, 1.82) is 0 Å². The molecule has 0 spiro atoms. The molecule has 0 unspecified atom stereocenters. The van der Waals surface area contributed by atoms with E-state index in [4.69, 9.17) is 5.90 Å². The Morgan fingerprint density at radius 3 is 2.50 bits per heavy atom. The number of hydrogen-bond donors (Lipinski definition) is 0. The van der Waals surface area contributed by atoms with Gasteiger partial charge >= 0.3 is 5.97 Å². The van der Waals surface area contributed by atoms with Crippen molar-refractivity contribution in [3.8, 4) is 0 Å². The predicted octanol–water partition coefficient (Wildman–Crippen LogP) is 0.138. The molecule has 1 N–H and O–H groups in total. The average molecular weight is 88.1 g/mol. The normalized spacial score (nSPS) is 7.67. The van der Waals surface area contributed by atoms with E-state index >= 15 is 0 Å². The zero-order valence-corrected chi connectivity index (χ0v) is 3.52. The van der Waals surface area contributed by atoms with Gasteiger partial charge in [-0.3, -0.25) is 4.79 Å². The van der Waals surface area contributed by atoms with Crippen molar-refractivity contribution in [3.63, 3.8) is 0 Å². The summed E-state index contributed by atoms with van der Waals surface area (Å²) >= 11 is 0. The molecule has 0 rings (SSSR count). The van der Waals surface area contributed by atoms with Crippen LogP contribution in [0.15, 0.2) is 0 Å². The van der Waals surface area contributed by atoms with Crippen molar-refractivity contribution in [3.05, 3.63) is 0 Å². The Morgan fingerprint density at radius 2 is 2.50 bits per heavy atom. The zero-order valence-electron chi connectivity index (χ0n) is 3.52. The summed E-state index contributed by atoms with van der Waals surface area (Å²) in [6.45, 7) is 1.64. The molecule has 6 heavy (non-hydrogen) atoms. The monoisotopic (exact) mass is 88.0 g/mol. The van der Waals surface area contributed by atoms with Crippen molar-refractivity contribution >= 4 is 5.97 Å². The van der Waals surface area contributed by atoms with Gasteiger partial charge in [0.15, 0.2) is 0 Å². The van der Waals surface area contributed by atoms with E-state index in [0.717, 1.165) is 0 Å². The van der Waals surface area contributed by atoms with E-state index in [1.807, 2.05) is 0 Å². The maximum atomic E-state index is 9.77. The maximum absolute atomic E-state index is 9.77. The third-order valence-corrected chi connectivity index (χ3v) is 0.403. The SMILES string of the molecule is CCC(=O)O[NH]. The maximum Gasteiger partial charge on any atom is 0.326 e. The molecule has 0 aromatic carbocycles. The van der Waals surface area contributed by atoms with Gasteiger partial charge in [0.25, 0.3) is 0 Å². The van der Waals surface area contributed by atoms with Crippen molar-refractivity contribution in [2.75, 3.05) is 0 Å². The Hall–Kier alpha value is -0.570. The number of carbonyl (C=O) groups excluding carboxylic acids is 1. The molecule has 0 aromatic heterocycles. The van der Waals surface area contributed by atoms with Crippen LogP contribution >= 0.6 is 0 Å². The topological polar surface area (TPSA) is 50.1 Å². The molecule has 3 heteroatoms. The van der Waals surface area contributed by atoms with Gasteiger partial charge in [-0.05, 0) is 0 Å². The minimum absolute atomic E-state index is 0.281. The predicted molar refractivity (Wildman–Crippen MR) is 19.5 cm³/mol. The van der Waals surface area contributed by atoms with Gasteiger partial charge < -0.3 is 4.84 Å². The van der Waals surface area contributed by atoms with Crippen LogP contribution in [-0.2, 0) is 9.63 Å². The summed E-state index contributed by atoms with van der Waals surface area (Å²) in [6, 6.07) is 0. The lowest BCUT2D eigenvalue weighted by Crippen LogP contribution is -1.97. The second kappa shape index (κ2) is 2.66. The van der Waals surface area contributed by atoms with E-state index < -0.39 is 5.97 Å². The summed E-state index contributed by atoms with van der Waals surface area (Å²) in [5.41, 5.74) is 0. The van der Waals surface area contributed by atoms with Crippen LogP contribution in [0.5, 0.6) is 0 Å². The van der Waals surface area contributed by atoms with Gasteiger partial charge in [-0.1, -0.05) is 12.8 Å². The highest BCUT2D eigenvalue weighted by Gasteiger charge is 1.89. The van der Waals surface area contributed by atoms with E-state index in [-0.39, 0.29) is 6.42 Å². The second-order valence-corrected chi connectivity index (χ2v) is 0.828. The van der Waals surface area contributed by atoms with Gasteiger partial charge in [-0.2, -0.15) is 0 Å². The molecule has 3 nitrogen and oxygen atoms in total. The molecule has 0 bridgehead atoms. The lowest BCUT2D eigenvalue weighted by molar-refractivity contribution is -0.145.